The van der Waals surface area contributed by atoms with E-state index in [1.807, 2.05) is 48.9 Å². The number of aromatic nitrogens is 2. The van der Waals surface area contributed by atoms with Crippen molar-refractivity contribution in [2.75, 3.05) is 5.32 Å². The maximum Gasteiger partial charge on any atom is 0.241 e. The maximum atomic E-state index is 12.0. The highest BCUT2D eigenvalue weighted by Gasteiger charge is 2.15. The molecule has 3 N–H and O–H groups in total. The van der Waals surface area contributed by atoms with Gasteiger partial charge in [0.25, 0.3) is 0 Å². The number of rotatable bonds is 5. The third kappa shape index (κ3) is 5.67. The summed E-state index contributed by atoms with van der Waals surface area (Å²) in [6, 6.07) is 7.10. The predicted molar refractivity (Wildman–Crippen MR) is 94.1 cm³/mol. The second kappa shape index (κ2) is 9.46. The smallest absolute Gasteiger partial charge is 0.241 e. The lowest BCUT2D eigenvalue weighted by molar-refractivity contribution is -0.117. The number of hydrogen-bond acceptors (Lipinski definition) is 3. The molecular formula is C15H22Cl2N4O. The van der Waals surface area contributed by atoms with E-state index in [0.29, 0.717) is 12.3 Å². The zero-order chi connectivity index (χ0) is 14.5. The fourth-order valence-electron chi connectivity index (χ4n) is 2.01. The largest absolute Gasteiger partial charge is 0.325 e. The van der Waals surface area contributed by atoms with E-state index in [1.54, 1.807) is 12.5 Å². The Balaban J connectivity index is 0.00000220. The van der Waals surface area contributed by atoms with E-state index in [9.17, 15) is 4.79 Å². The van der Waals surface area contributed by atoms with Crippen molar-refractivity contribution in [1.29, 1.82) is 0 Å². The van der Waals surface area contributed by atoms with Crippen LogP contribution in [0.4, 0.5) is 5.69 Å². The summed E-state index contributed by atoms with van der Waals surface area (Å²) in [5.74, 6) is 0.245. The molecule has 0 saturated heterocycles. The monoisotopic (exact) mass is 344 g/mol. The molecule has 0 fully saturated rings. The van der Waals surface area contributed by atoms with E-state index in [4.69, 9.17) is 5.73 Å². The van der Waals surface area contributed by atoms with Crippen LogP contribution >= 0.6 is 24.8 Å². The molecule has 1 atom stereocenters. The van der Waals surface area contributed by atoms with Gasteiger partial charge in [-0.25, -0.2) is 4.98 Å². The molecule has 2 rings (SSSR count). The van der Waals surface area contributed by atoms with Crippen LogP contribution in [0, 0.1) is 5.92 Å². The van der Waals surface area contributed by atoms with Gasteiger partial charge in [-0.15, -0.1) is 24.8 Å². The number of amides is 1. The lowest BCUT2D eigenvalue weighted by Crippen LogP contribution is -2.36. The second-order valence-electron chi connectivity index (χ2n) is 5.25. The number of carbonyl (C=O) groups excluding carboxylic acids is 1. The van der Waals surface area contributed by atoms with Crippen molar-refractivity contribution in [3.8, 4) is 5.69 Å². The topological polar surface area (TPSA) is 72.9 Å². The summed E-state index contributed by atoms with van der Waals surface area (Å²) in [6.45, 7) is 4.10. The Hall–Kier alpha value is -1.56. The van der Waals surface area contributed by atoms with E-state index in [1.165, 1.54) is 0 Å². The van der Waals surface area contributed by atoms with E-state index in [0.717, 1.165) is 11.4 Å². The van der Waals surface area contributed by atoms with Crippen LogP contribution < -0.4 is 11.1 Å². The molecule has 0 aliphatic rings. The van der Waals surface area contributed by atoms with Crippen LogP contribution in [0.2, 0.25) is 0 Å². The zero-order valence-corrected chi connectivity index (χ0v) is 14.2. The predicted octanol–water partition coefficient (Wildman–Crippen LogP) is 3.03. The highest BCUT2D eigenvalue weighted by molar-refractivity contribution is 5.94. The van der Waals surface area contributed by atoms with Crippen molar-refractivity contribution < 1.29 is 4.79 Å². The molecule has 1 heterocycles. The van der Waals surface area contributed by atoms with Crippen LogP contribution in [0.25, 0.3) is 5.69 Å². The number of carbonyl (C=O) groups is 1. The SMILES string of the molecule is CC(C)C[C@H](N)C(=O)Nc1cccc(-n2ccnc2)c1.Cl.Cl. The van der Waals surface area contributed by atoms with Crippen molar-refractivity contribution in [1.82, 2.24) is 9.55 Å². The third-order valence-corrected chi connectivity index (χ3v) is 2.98. The van der Waals surface area contributed by atoms with Crippen molar-refractivity contribution in [2.45, 2.75) is 26.3 Å². The van der Waals surface area contributed by atoms with E-state index in [-0.39, 0.29) is 30.7 Å². The molecule has 1 amide bonds. The van der Waals surface area contributed by atoms with Crippen molar-refractivity contribution in [2.24, 2.45) is 11.7 Å². The number of imidazole rings is 1. The summed E-state index contributed by atoms with van der Waals surface area (Å²) >= 11 is 0. The lowest BCUT2D eigenvalue weighted by atomic mass is 10.0. The molecule has 0 bridgehead atoms. The molecule has 0 aliphatic carbocycles. The molecule has 7 heteroatoms. The van der Waals surface area contributed by atoms with E-state index >= 15 is 0 Å². The Kier molecular flexibility index (Phi) is 8.79. The van der Waals surface area contributed by atoms with Crippen molar-refractivity contribution in [3.63, 3.8) is 0 Å². The van der Waals surface area contributed by atoms with Gasteiger partial charge in [0.15, 0.2) is 0 Å². The van der Waals surface area contributed by atoms with E-state index in [2.05, 4.69) is 10.3 Å². The summed E-state index contributed by atoms with van der Waals surface area (Å²) in [7, 11) is 0. The number of hydrogen-bond donors (Lipinski definition) is 2. The summed E-state index contributed by atoms with van der Waals surface area (Å²) in [6.07, 6.45) is 5.95. The van der Waals surface area contributed by atoms with E-state index < -0.39 is 6.04 Å². The van der Waals surface area contributed by atoms with Gasteiger partial charge in [-0.1, -0.05) is 19.9 Å². The lowest BCUT2D eigenvalue weighted by Gasteiger charge is -2.14. The Morgan fingerprint density at radius 1 is 1.36 bits per heavy atom. The van der Waals surface area contributed by atoms with Gasteiger partial charge in [0.1, 0.15) is 0 Å². The first-order chi connectivity index (χ1) is 9.56. The van der Waals surface area contributed by atoms with Gasteiger partial charge in [-0.05, 0) is 30.5 Å². The molecule has 0 saturated carbocycles. The molecule has 1 aromatic carbocycles. The minimum absolute atomic E-state index is 0. The fraction of sp³-hybridized carbons (Fsp3) is 0.333. The van der Waals surface area contributed by atoms with Crippen LogP contribution in [-0.2, 0) is 4.79 Å². The molecular weight excluding hydrogens is 323 g/mol. The number of nitrogens with two attached hydrogens (primary N) is 1. The Morgan fingerprint density at radius 3 is 2.68 bits per heavy atom. The zero-order valence-electron chi connectivity index (χ0n) is 12.6. The average molecular weight is 345 g/mol. The Labute approximate surface area is 143 Å². The highest BCUT2D eigenvalue weighted by Crippen LogP contribution is 2.15. The number of anilines is 1. The molecule has 22 heavy (non-hydrogen) atoms. The maximum absolute atomic E-state index is 12.0. The molecule has 1 aromatic heterocycles. The summed E-state index contributed by atoms with van der Waals surface area (Å²) in [5, 5.41) is 2.85. The van der Waals surface area contributed by atoms with Gasteiger partial charge >= 0.3 is 0 Å². The van der Waals surface area contributed by atoms with Crippen LogP contribution in [0.5, 0.6) is 0 Å². The number of nitrogens with one attached hydrogen (secondary N) is 1. The Morgan fingerprint density at radius 2 is 2.09 bits per heavy atom. The second-order valence-corrected chi connectivity index (χ2v) is 5.25. The van der Waals surface area contributed by atoms with Gasteiger partial charge < -0.3 is 15.6 Å². The Bertz CT molecular complexity index is 573. The standard InChI is InChI=1S/C15H20N4O.2ClH/c1-11(2)8-14(16)15(20)18-12-4-3-5-13(9-12)19-7-6-17-10-19;;/h3-7,9-11,14H,8,16H2,1-2H3,(H,18,20);2*1H/t14-;;/m0../s1. The van der Waals surface area contributed by atoms with Gasteiger partial charge in [0, 0.05) is 23.8 Å². The number of benzene rings is 1. The highest BCUT2D eigenvalue weighted by atomic mass is 35.5. The van der Waals surface area contributed by atoms with Crippen LogP contribution in [0.1, 0.15) is 20.3 Å². The van der Waals surface area contributed by atoms with Crippen LogP contribution in [-0.4, -0.2) is 21.5 Å². The molecule has 0 aliphatic heterocycles. The van der Waals surface area contributed by atoms with Crippen molar-refractivity contribution in [3.05, 3.63) is 43.0 Å². The molecule has 0 unspecified atom stereocenters. The molecule has 5 nitrogen and oxygen atoms in total. The first-order valence-electron chi connectivity index (χ1n) is 6.71. The van der Waals surface area contributed by atoms with Crippen molar-refractivity contribution >= 4 is 36.4 Å². The van der Waals surface area contributed by atoms with Crippen LogP contribution in [0.3, 0.4) is 0 Å². The summed E-state index contributed by atoms with van der Waals surface area (Å²) in [4.78, 5) is 16.0. The van der Waals surface area contributed by atoms with Gasteiger partial charge in [0.2, 0.25) is 5.91 Å². The van der Waals surface area contributed by atoms with Gasteiger partial charge in [-0.3, -0.25) is 4.79 Å². The van der Waals surface area contributed by atoms with Gasteiger partial charge in [0.05, 0.1) is 12.4 Å². The molecule has 0 radical (unpaired) electrons. The molecule has 2 aromatic rings. The number of halogens is 2. The molecule has 122 valence electrons. The minimum Gasteiger partial charge on any atom is -0.325 e. The third-order valence-electron chi connectivity index (χ3n) is 2.98. The molecule has 0 spiro atoms. The number of nitrogens with zero attached hydrogens (tertiary/aromatic N) is 2. The summed E-state index contributed by atoms with van der Waals surface area (Å²) in [5.41, 5.74) is 7.55. The van der Waals surface area contributed by atoms with Gasteiger partial charge in [-0.2, -0.15) is 0 Å². The average Bonchev–Trinajstić information content (AvgIpc) is 2.92. The first-order valence-corrected chi connectivity index (χ1v) is 6.71. The summed E-state index contributed by atoms with van der Waals surface area (Å²) < 4.78 is 1.88. The normalized spacial score (nSPS) is 11.3. The fourth-order valence-corrected chi connectivity index (χ4v) is 2.01. The minimum atomic E-state index is -0.480. The first kappa shape index (κ1) is 20.4. The van der Waals surface area contributed by atoms with Crippen LogP contribution in [0.15, 0.2) is 43.0 Å². The quantitative estimate of drug-likeness (QED) is 0.875.